The van der Waals surface area contributed by atoms with Crippen LogP contribution in [0.2, 0.25) is 0 Å². The fourth-order valence-corrected chi connectivity index (χ4v) is 2.54. The molecule has 3 heteroatoms. The Morgan fingerprint density at radius 3 is 2.43 bits per heavy atom. The normalized spacial score (nSPS) is 14.9. The number of nitrogens with one attached hydrogen (secondary N) is 1. The van der Waals surface area contributed by atoms with Crippen LogP contribution in [0.3, 0.4) is 0 Å². The number of likely N-dealkylation sites (tertiary alicyclic amines) is 1. The molecule has 2 rings (SSSR count). The Hall–Kier alpha value is -1.61. The lowest BCUT2D eigenvalue weighted by molar-refractivity contribution is 0.0724. The molecular formula is C18H26N2O. The smallest absolute Gasteiger partial charge is 0.253 e. The highest BCUT2D eigenvalue weighted by atomic mass is 16.2. The monoisotopic (exact) mass is 286 g/mol. The lowest BCUT2D eigenvalue weighted by atomic mass is 10.1. The van der Waals surface area contributed by atoms with Crippen molar-refractivity contribution < 1.29 is 4.79 Å². The number of hydrogen-bond donors (Lipinski definition) is 1. The first kappa shape index (κ1) is 15.8. The number of carbonyl (C=O) groups excluding carboxylic acids is 1. The Balaban J connectivity index is 1.86. The maximum absolute atomic E-state index is 12.3. The summed E-state index contributed by atoms with van der Waals surface area (Å²) in [5, 5.41) is 3.37. The lowest BCUT2D eigenvalue weighted by Crippen LogP contribution is -2.35. The molecule has 1 amide bonds. The molecule has 114 valence electrons. The first-order chi connectivity index (χ1) is 10.2. The number of nitrogens with zero attached hydrogens (tertiary/aromatic N) is 1. The van der Waals surface area contributed by atoms with Gasteiger partial charge in [-0.25, -0.2) is 0 Å². The van der Waals surface area contributed by atoms with E-state index in [9.17, 15) is 4.79 Å². The second kappa shape index (κ2) is 7.99. The van der Waals surface area contributed by atoms with Crippen molar-refractivity contribution in [1.82, 2.24) is 10.2 Å². The third-order valence-corrected chi connectivity index (χ3v) is 3.83. The predicted molar refractivity (Wildman–Crippen MR) is 87.3 cm³/mol. The van der Waals surface area contributed by atoms with Crippen molar-refractivity contribution in [2.24, 2.45) is 0 Å². The minimum absolute atomic E-state index is 0.179. The lowest BCUT2D eigenvalue weighted by Gasteiger charge is -2.26. The highest BCUT2D eigenvalue weighted by Gasteiger charge is 2.17. The number of hydrogen-bond acceptors (Lipinski definition) is 2. The van der Waals surface area contributed by atoms with Gasteiger partial charge in [0.2, 0.25) is 0 Å². The molecule has 0 saturated carbocycles. The van der Waals surface area contributed by atoms with Crippen molar-refractivity contribution >= 4 is 5.91 Å². The SMILES string of the molecule is CC(C)=CCNCc1ccc(C(=O)N2CCCCC2)cc1. The number of benzene rings is 1. The van der Waals surface area contributed by atoms with E-state index in [1.807, 2.05) is 29.2 Å². The van der Waals surface area contributed by atoms with E-state index in [0.29, 0.717) is 0 Å². The van der Waals surface area contributed by atoms with Crippen molar-refractivity contribution in [3.8, 4) is 0 Å². The van der Waals surface area contributed by atoms with Gasteiger partial charge in [0.25, 0.3) is 5.91 Å². The zero-order valence-electron chi connectivity index (χ0n) is 13.2. The number of piperidine rings is 1. The van der Waals surface area contributed by atoms with Gasteiger partial charge in [0.05, 0.1) is 0 Å². The Kier molecular flexibility index (Phi) is 6.00. The van der Waals surface area contributed by atoms with Crippen LogP contribution in [0.4, 0.5) is 0 Å². The summed E-state index contributed by atoms with van der Waals surface area (Å²) in [5.74, 6) is 0.179. The van der Waals surface area contributed by atoms with Crippen molar-refractivity contribution in [3.05, 3.63) is 47.0 Å². The topological polar surface area (TPSA) is 32.3 Å². The maximum atomic E-state index is 12.3. The molecule has 1 saturated heterocycles. The van der Waals surface area contributed by atoms with Gasteiger partial charge < -0.3 is 10.2 Å². The number of rotatable bonds is 5. The highest BCUT2D eigenvalue weighted by Crippen LogP contribution is 2.13. The number of amides is 1. The molecular weight excluding hydrogens is 260 g/mol. The molecule has 1 aromatic carbocycles. The quantitative estimate of drug-likeness (QED) is 0.665. The molecule has 0 spiro atoms. The minimum atomic E-state index is 0.179. The van der Waals surface area contributed by atoms with E-state index in [0.717, 1.165) is 44.6 Å². The molecule has 0 atom stereocenters. The molecule has 3 nitrogen and oxygen atoms in total. The molecule has 0 radical (unpaired) electrons. The standard InChI is InChI=1S/C18H26N2O/c1-15(2)10-11-19-14-16-6-8-17(9-7-16)18(21)20-12-4-3-5-13-20/h6-10,19H,3-5,11-14H2,1-2H3. The Labute approximate surface area is 128 Å². The zero-order chi connectivity index (χ0) is 15.1. The Morgan fingerprint density at radius 1 is 1.14 bits per heavy atom. The van der Waals surface area contributed by atoms with Crippen LogP contribution in [-0.2, 0) is 6.54 Å². The summed E-state index contributed by atoms with van der Waals surface area (Å²) in [6.45, 7) is 7.74. The molecule has 1 fully saturated rings. The van der Waals surface area contributed by atoms with E-state index in [1.54, 1.807) is 0 Å². The van der Waals surface area contributed by atoms with E-state index in [4.69, 9.17) is 0 Å². The second-order valence-corrected chi connectivity index (χ2v) is 5.96. The van der Waals surface area contributed by atoms with E-state index in [-0.39, 0.29) is 5.91 Å². The summed E-state index contributed by atoms with van der Waals surface area (Å²) in [5.41, 5.74) is 3.35. The molecule has 1 aliphatic heterocycles. The average Bonchev–Trinajstić information content (AvgIpc) is 2.52. The van der Waals surface area contributed by atoms with Crippen LogP contribution in [0.25, 0.3) is 0 Å². The summed E-state index contributed by atoms with van der Waals surface area (Å²) in [6, 6.07) is 8.00. The van der Waals surface area contributed by atoms with Crippen LogP contribution in [0, 0.1) is 0 Å². The molecule has 1 heterocycles. The first-order valence-electron chi connectivity index (χ1n) is 7.89. The van der Waals surface area contributed by atoms with Gasteiger partial charge in [0.15, 0.2) is 0 Å². The van der Waals surface area contributed by atoms with E-state index in [2.05, 4.69) is 25.2 Å². The molecule has 1 aromatic rings. The Bertz CT molecular complexity index is 480. The summed E-state index contributed by atoms with van der Waals surface area (Å²) >= 11 is 0. The molecule has 0 aromatic heterocycles. The van der Waals surface area contributed by atoms with Gasteiger partial charge in [-0.2, -0.15) is 0 Å². The van der Waals surface area contributed by atoms with Crippen molar-refractivity contribution in [2.45, 2.75) is 39.7 Å². The molecule has 1 N–H and O–H groups in total. The molecule has 0 unspecified atom stereocenters. The summed E-state index contributed by atoms with van der Waals surface area (Å²) in [7, 11) is 0. The van der Waals surface area contributed by atoms with Gasteiger partial charge in [0, 0.05) is 31.7 Å². The molecule has 0 aliphatic carbocycles. The van der Waals surface area contributed by atoms with E-state index < -0.39 is 0 Å². The van der Waals surface area contributed by atoms with Crippen molar-refractivity contribution in [3.63, 3.8) is 0 Å². The van der Waals surface area contributed by atoms with Gasteiger partial charge in [-0.05, 0) is 50.8 Å². The number of carbonyl (C=O) groups is 1. The van der Waals surface area contributed by atoms with Crippen LogP contribution < -0.4 is 5.32 Å². The number of allylic oxidation sites excluding steroid dienone is 1. The molecule has 0 bridgehead atoms. The third-order valence-electron chi connectivity index (χ3n) is 3.83. The van der Waals surface area contributed by atoms with Crippen LogP contribution in [0.5, 0.6) is 0 Å². The molecule has 1 aliphatic rings. The van der Waals surface area contributed by atoms with Crippen LogP contribution in [0.15, 0.2) is 35.9 Å². The van der Waals surface area contributed by atoms with Gasteiger partial charge in [0.1, 0.15) is 0 Å². The minimum Gasteiger partial charge on any atom is -0.339 e. The van der Waals surface area contributed by atoms with Gasteiger partial charge in [-0.3, -0.25) is 4.79 Å². The van der Waals surface area contributed by atoms with Crippen molar-refractivity contribution in [1.29, 1.82) is 0 Å². The van der Waals surface area contributed by atoms with Crippen molar-refractivity contribution in [2.75, 3.05) is 19.6 Å². The van der Waals surface area contributed by atoms with Gasteiger partial charge >= 0.3 is 0 Å². The molecule has 21 heavy (non-hydrogen) atoms. The highest BCUT2D eigenvalue weighted by molar-refractivity contribution is 5.94. The van der Waals surface area contributed by atoms with Gasteiger partial charge in [-0.15, -0.1) is 0 Å². The van der Waals surface area contributed by atoms with Gasteiger partial charge in [-0.1, -0.05) is 23.8 Å². The fourth-order valence-electron chi connectivity index (χ4n) is 2.54. The fraction of sp³-hybridized carbons (Fsp3) is 0.500. The zero-order valence-corrected chi connectivity index (χ0v) is 13.2. The Morgan fingerprint density at radius 2 is 1.81 bits per heavy atom. The maximum Gasteiger partial charge on any atom is 0.253 e. The summed E-state index contributed by atoms with van der Waals surface area (Å²) < 4.78 is 0. The predicted octanol–water partition coefficient (Wildman–Crippen LogP) is 3.37. The van der Waals surface area contributed by atoms with Crippen LogP contribution in [0.1, 0.15) is 49.0 Å². The van der Waals surface area contributed by atoms with E-state index in [1.165, 1.54) is 17.6 Å². The van der Waals surface area contributed by atoms with Crippen LogP contribution >= 0.6 is 0 Å². The summed E-state index contributed by atoms with van der Waals surface area (Å²) in [4.78, 5) is 14.3. The van der Waals surface area contributed by atoms with E-state index >= 15 is 0 Å². The first-order valence-corrected chi connectivity index (χ1v) is 7.89. The summed E-state index contributed by atoms with van der Waals surface area (Å²) in [6.07, 6.45) is 5.70. The second-order valence-electron chi connectivity index (χ2n) is 5.96. The largest absolute Gasteiger partial charge is 0.339 e. The average molecular weight is 286 g/mol. The third kappa shape index (κ3) is 5.01. The van der Waals surface area contributed by atoms with Crippen LogP contribution in [-0.4, -0.2) is 30.4 Å².